The molecule has 1 aromatic heterocycles. The lowest BCUT2D eigenvalue weighted by molar-refractivity contribution is -0.121. The molecule has 0 radical (unpaired) electrons. The molecule has 1 saturated heterocycles. The third-order valence-electron chi connectivity index (χ3n) is 4.70. The van der Waals surface area contributed by atoms with Crippen LogP contribution in [-0.2, 0) is 9.59 Å². The summed E-state index contributed by atoms with van der Waals surface area (Å²) in [6.07, 6.45) is 0.323. The molecule has 3 amide bonds. The van der Waals surface area contributed by atoms with Gasteiger partial charge in [0.25, 0.3) is 11.8 Å². The second kappa shape index (κ2) is 8.27. The Morgan fingerprint density at radius 3 is 2.52 bits per heavy atom. The van der Waals surface area contributed by atoms with Crippen LogP contribution < -0.4 is 19.7 Å². The average Bonchev–Trinajstić information content (AvgIpc) is 3.39. The fourth-order valence-corrected chi connectivity index (χ4v) is 3.18. The second-order valence-corrected chi connectivity index (χ2v) is 6.61. The molecule has 1 N–H and O–H groups in total. The molecule has 1 aliphatic heterocycles. The van der Waals surface area contributed by atoms with Gasteiger partial charge in [-0.25, -0.2) is 0 Å². The Morgan fingerprint density at radius 2 is 1.81 bits per heavy atom. The summed E-state index contributed by atoms with van der Waals surface area (Å²) in [5.41, 5.74) is 1.10. The molecule has 10 nitrogen and oxygen atoms in total. The Kier molecular flexibility index (Phi) is 5.35. The average molecular weight is 422 g/mol. The van der Waals surface area contributed by atoms with Crippen LogP contribution in [0.25, 0.3) is 11.5 Å². The van der Waals surface area contributed by atoms with E-state index in [0.717, 1.165) is 4.90 Å². The standard InChI is InChI=1S/C21H18N4O6/c1-29-14-6-7-15(16(11-14)30-2)20-23-24-21(31-20)22-19(28)12-4-3-5-13(10-12)25-17(26)8-9-18(25)27/h3-7,10-11H,8-9H2,1-2H3,(H,22,24,28). The van der Waals surface area contributed by atoms with Crippen LogP contribution in [0, 0.1) is 0 Å². The lowest BCUT2D eigenvalue weighted by Gasteiger charge is -2.14. The van der Waals surface area contributed by atoms with Crippen LogP contribution in [0.1, 0.15) is 23.2 Å². The number of imide groups is 1. The van der Waals surface area contributed by atoms with Gasteiger partial charge in [-0.05, 0) is 30.3 Å². The highest BCUT2D eigenvalue weighted by molar-refractivity contribution is 6.20. The van der Waals surface area contributed by atoms with Crippen LogP contribution in [0.2, 0.25) is 0 Å². The van der Waals surface area contributed by atoms with Crippen LogP contribution in [-0.4, -0.2) is 42.1 Å². The number of nitrogens with zero attached hydrogens (tertiary/aromatic N) is 3. The van der Waals surface area contributed by atoms with Gasteiger partial charge in [-0.2, -0.15) is 0 Å². The quantitative estimate of drug-likeness (QED) is 0.601. The Labute approximate surface area is 176 Å². The van der Waals surface area contributed by atoms with Crippen LogP contribution in [0.15, 0.2) is 46.9 Å². The Balaban J connectivity index is 1.53. The van der Waals surface area contributed by atoms with Crippen molar-refractivity contribution in [2.45, 2.75) is 12.8 Å². The highest BCUT2D eigenvalue weighted by atomic mass is 16.5. The first kappa shape index (κ1) is 20.1. The third kappa shape index (κ3) is 3.95. The molecule has 31 heavy (non-hydrogen) atoms. The van der Waals surface area contributed by atoms with Crippen molar-refractivity contribution in [3.05, 3.63) is 48.0 Å². The molecule has 3 aromatic rings. The Morgan fingerprint density at radius 1 is 1.03 bits per heavy atom. The van der Waals surface area contributed by atoms with Crippen LogP contribution in [0.4, 0.5) is 11.7 Å². The minimum absolute atomic E-state index is 0.114. The predicted octanol–water partition coefficient (Wildman–Crippen LogP) is 2.66. The Bertz CT molecular complexity index is 1160. The molecule has 0 aliphatic carbocycles. The number of rotatable bonds is 6. The van der Waals surface area contributed by atoms with Gasteiger partial charge in [-0.15, -0.1) is 5.10 Å². The van der Waals surface area contributed by atoms with Crippen molar-refractivity contribution in [3.8, 4) is 23.0 Å². The monoisotopic (exact) mass is 422 g/mol. The van der Waals surface area contributed by atoms with E-state index in [-0.39, 0.29) is 42.1 Å². The zero-order valence-corrected chi connectivity index (χ0v) is 16.7. The lowest BCUT2D eigenvalue weighted by atomic mass is 10.1. The van der Waals surface area contributed by atoms with Crippen LogP contribution in [0.3, 0.4) is 0 Å². The van der Waals surface area contributed by atoms with E-state index in [1.807, 2.05) is 0 Å². The summed E-state index contributed by atoms with van der Waals surface area (Å²) in [7, 11) is 3.04. The molecule has 0 spiro atoms. The van der Waals surface area contributed by atoms with E-state index < -0.39 is 5.91 Å². The smallest absolute Gasteiger partial charge is 0.322 e. The molecule has 1 fully saturated rings. The lowest BCUT2D eigenvalue weighted by Crippen LogP contribution is -2.28. The summed E-state index contributed by atoms with van der Waals surface area (Å²) in [6.45, 7) is 0. The van der Waals surface area contributed by atoms with E-state index >= 15 is 0 Å². The van der Waals surface area contributed by atoms with Gasteiger partial charge in [-0.1, -0.05) is 11.2 Å². The summed E-state index contributed by atoms with van der Waals surface area (Å²) < 4.78 is 16.0. The van der Waals surface area contributed by atoms with Crippen molar-refractivity contribution in [2.75, 3.05) is 24.4 Å². The van der Waals surface area contributed by atoms with Gasteiger partial charge in [-0.3, -0.25) is 24.6 Å². The molecule has 0 unspecified atom stereocenters. The van der Waals surface area contributed by atoms with Gasteiger partial charge >= 0.3 is 6.01 Å². The zero-order valence-electron chi connectivity index (χ0n) is 16.7. The van der Waals surface area contributed by atoms with E-state index in [4.69, 9.17) is 13.9 Å². The van der Waals surface area contributed by atoms with E-state index in [1.54, 1.807) is 43.5 Å². The maximum absolute atomic E-state index is 12.6. The number of hydrogen-bond acceptors (Lipinski definition) is 8. The minimum Gasteiger partial charge on any atom is -0.497 e. The van der Waals surface area contributed by atoms with Crippen molar-refractivity contribution < 1.29 is 28.3 Å². The number of hydrogen-bond donors (Lipinski definition) is 1. The van der Waals surface area contributed by atoms with E-state index in [9.17, 15) is 14.4 Å². The van der Waals surface area contributed by atoms with Gasteiger partial charge in [0.05, 0.1) is 25.5 Å². The number of methoxy groups -OCH3 is 2. The molecule has 10 heteroatoms. The van der Waals surface area contributed by atoms with Crippen molar-refractivity contribution in [3.63, 3.8) is 0 Å². The van der Waals surface area contributed by atoms with Crippen LogP contribution >= 0.6 is 0 Å². The largest absolute Gasteiger partial charge is 0.497 e. The molecule has 2 aromatic carbocycles. The molecule has 4 rings (SSSR count). The number of carbonyl (C=O) groups excluding carboxylic acids is 3. The first-order valence-corrected chi connectivity index (χ1v) is 9.33. The van der Waals surface area contributed by atoms with E-state index in [1.165, 1.54) is 13.2 Å². The highest BCUT2D eigenvalue weighted by Gasteiger charge is 2.30. The molecule has 158 valence electrons. The predicted molar refractivity (Wildman–Crippen MR) is 109 cm³/mol. The fraction of sp³-hybridized carbons (Fsp3) is 0.190. The molecular weight excluding hydrogens is 404 g/mol. The SMILES string of the molecule is COc1ccc(-c2nnc(NC(=O)c3cccc(N4C(=O)CCC4=O)c3)o2)c(OC)c1. The van der Waals surface area contributed by atoms with Gasteiger partial charge in [0.2, 0.25) is 11.8 Å². The minimum atomic E-state index is -0.530. The zero-order chi connectivity index (χ0) is 22.0. The molecule has 2 heterocycles. The summed E-state index contributed by atoms with van der Waals surface area (Å²) in [5, 5.41) is 10.3. The first-order chi connectivity index (χ1) is 15.0. The third-order valence-corrected chi connectivity index (χ3v) is 4.70. The summed E-state index contributed by atoms with van der Waals surface area (Å²) >= 11 is 0. The Hall–Kier alpha value is -4.21. The molecule has 0 atom stereocenters. The number of ether oxygens (including phenoxy) is 2. The maximum atomic E-state index is 12.6. The topological polar surface area (TPSA) is 124 Å². The normalized spacial score (nSPS) is 13.4. The van der Waals surface area contributed by atoms with Gasteiger partial charge in [0, 0.05) is 24.5 Å². The first-order valence-electron chi connectivity index (χ1n) is 9.33. The second-order valence-electron chi connectivity index (χ2n) is 6.61. The molecular formula is C21H18N4O6. The van der Waals surface area contributed by atoms with Crippen molar-refractivity contribution in [2.24, 2.45) is 0 Å². The number of nitrogens with one attached hydrogen (secondary N) is 1. The molecule has 1 aliphatic rings. The van der Waals surface area contributed by atoms with Crippen LogP contribution in [0.5, 0.6) is 11.5 Å². The summed E-state index contributed by atoms with van der Waals surface area (Å²) in [4.78, 5) is 37.6. The number of benzene rings is 2. The van der Waals surface area contributed by atoms with Gasteiger partial charge in [0.15, 0.2) is 0 Å². The van der Waals surface area contributed by atoms with Gasteiger partial charge < -0.3 is 13.9 Å². The maximum Gasteiger partial charge on any atom is 0.322 e. The summed E-state index contributed by atoms with van der Waals surface area (Å²) in [5.74, 6) is 0.0988. The van der Waals surface area contributed by atoms with Gasteiger partial charge in [0.1, 0.15) is 11.5 Å². The van der Waals surface area contributed by atoms with Crippen molar-refractivity contribution >= 4 is 29.4 Å². The highest BCUT2D eigenvalue weighted by Crippen LogP contribution is 2.33. The number of amides is 3. The summed E-state index contributed by atoms with van der Waals surface area (Å²) in [6, 6.07) is 11.2. The van der Waals surface area contributed by atoms with E-state index in [0.29, 0.717) is 22.7 Å². The molecule has 0 bridgehead atoms. The van der Waals surface area contributed by atoms with E-state index in [2.05, 4.69) is 15.5 Å². The van der Waals surface area contributed by atoms with Crippen molar-refractivity contribution in [1.29, 1.82) is 0 Å². The number of aromatic nitrogens is 2. The molecule has 0 saturated carbocycles. The number of anilines is 2. The van der Waals surface area contributed by atoms with Crippen molar-refractivity contribution in [1.82, 2.24) is 10.2 Å². The number of carbonyl (C=O) groups is 3. The fourth-order valence-electron chi connectivity index (χ4n) is 3.18.